The number of fused-ring (bicyclic) bond motifs is 3. The van der Waals surface area contributed by atoms with Gasteiger partial charge < -0.3 is 5.73 Å². The summed E-state index contributed by atoms with van der Waals surface area (Å²) in [7, 11) is 0. The molecular weight excluding hydrogens is 677 g/mol. The summed E-state index contributed by atoms with van der Waals surface area (Å²) in [6.45, 7) is 6.69. The number of nitrogens with zero attached hydrogens (tertiary/aromatic N) is 1. The van der Waals surface area contributed by atoms with E-state index < -0.39 is 6.04 Å². The summed E-state index contributed by atoms with van der Waals surface area (Å²) in [6.07, 6.45) is 5.29. The van der Waals surface area contributed by atoms with Gasteiger partial charge in [0.15, 0.2) is 0 Å². The molecule has 276 valence electrons. The Hall–Kier alpha value is -6.09. The first kappa shape index (κ1) is 36.9. The summed E-state index contributed by atoms with van der Waals surface area (Å²) in [5.41, 5.74) is 25.5. The quantitative estimate of drug-likeness (QED) is 0.112. The van der Waals surface area contributed by atoms with E-state index in [-0.39, 0.29) is 5.41 Å². The summed E-state index contributed by atoms with van der Waals surface area (Å²) in [6, 6.07) is 64.6. The van der Waals surface area contributed by atoms with Crippen LogP contribution in [0.1, 0.15) is 90.1 Å². The van der Waals surface area contributed by atoms with Gasteiger partial charge in [-0.1, -0.05) is 207 Å². The second-order valence-corrected chi connectivity index (χ2v) is 15.6. The van der Waals surface area contributed by atoms with Crippen molar-refractivity contribution in [2.75, 3.05) is 0 Å². The zero-order valence-corrected chi connectivity index (χ0v) is 32.6. The molecule has 0 bridgehead atoms. The Bertz CT molecular complexity index is 2420. The van der Waals surface area contributed by atoms with Crippen molar-refractivity contribution in [1.82, 2.24) is 0 Å². The normalized spacial score (nSPS) is 14.0. The highest BCUT2D eigenvalue weighted by molar-refractivity contribution is 6.02. The van der Waals surface area contributed by atoms with E-state index in [1.54, 1.807) is 0 Å². The minimum absolute atomic E-state index is 0.118. The third kappa shape index (κ3) is 7.85. The average molecular weight is 726 g/mol. The lowest BCUT2D eigenvalue weighted by atomic mass is 9.82. The molecule has 7 aromatic rings. The van der Waals surface area contributed by atoms with E-state index in [2.05, 4.69) is 172 Å². The molecule has 2 nitrogen and oxygen atoms in total. The van der Waals surface area contributed by atoms with Crippen LogP contribution >= 0.6 is 0 Å². The fourth-order valence-corrected chi connectivity index (χ4v) is 8.40. The molecule has 0 spiro atoms. The van der Waals surface area contributed by atoms with E-state index in [1.807, 2.05) is 36.4 Å². The molecule has 0 saturated carbocycles. The van der Waals surface area contributed by atoms with Gasteiger partial charge in [-0.25, -0.2) is 0 Å². The summed E-state index contributed by atoms with van der Waals surface area (Å²) >= 11 is 0. The van der Waals surface area contributed by atoms with Crippen LogP contribution in [-0.4, -0.2) is 5.71 Å². The lowest BCUT2D eigenvalue weighted by Gasteiger charge is -2.22. The van der Waals surface area contributed by atoms with Gasteiger partial charge >= 0.3 is 0 Å². The lowest BCUT2D eigenvalue weighted by molar-refractivity contribution is 0.660. The van der Waals surface area contributed by atoms with Gasteiger partial charge in [-0.3, -0.25) is 4.99 Å². The molecule has 1 aliphatic rings. The lowest BCUT2D eigenvalue weighted by Crippen LogP contribution is -2.15. The number of hydrogen-bond donors (Lipinski definition) is 0. The predicted molar refractivity (Wildman–Crippen MR) is 237 cm³/mol. The minimum Gasteiger partial charge on any atom is -0.667 e. The molecule has 0 amide bonds. The fraction of sp³-hybridized carbons (Fsp3) is 0.167. The Labute approximate surface area is 333 Å². The minimum atomic E-state index is -0.541. The molecule has 0 saturated heterocycles. The first-order valence-corrected chi connectivity index (χ1v) is 19.9. The van der Waals surface area contributed by atoms with Crippen molar-refractivity contribution in [3.05, 3.63) is 238 Å². The molecule has 1 N–H and O–H groups in total. The van der Waals surface area contributed by atoms with Crippen LogP contribution in [0.15, 0.2) is 193 Å². The highest BCUT2D eigenvalue weighted by Gasteiger charge is 2.35. The molecule has 8 rings (SSSR count). The molecule has 7 aromatic carbocycles. The van der Waals surface area contributed by atoms with Crippen molar-refractivity contribution in [2.45, 2.75) is 57.4 Å². The maximum Gasteiger partial charge on any atom is 0.0654 e. The van der Waals surface area contributed by atoms with Gasteiger partial charge in [-0.2, -0.15) is 0 Å². The molecule has 56 heavy (non-hydrogen) atoms. The standard InChI is InChI=1S/C54H49N2/c1-38(56-53(37-52(55)45-21-11-6-12-22-45)46-34-35-49-48-23-13-14-25-50(48)54(2,3)51(49)36-46)40-30-32-42(33-31-40)41-28-26-39(27-29-41)16-15-24-47(43-17-7-4-8-18-43)44-19-9-5-10-20-44/h4-14,17-23,25-37,47,52,55H,15-16,24H2,1-3H3/q-1/b53-37-,56-38?. The van der Waals surface area contributed by atoms with Gasteiger partial charge in [0.1, 0.15) is 0 Å². The number of rotatable bonds is 12. The summed E-state index contributed by atoms with van der Waals surface area (Å²) in [5.74, 6) is 0.407. The molecule has 0 aliphatic heterocycles. The largest absolute Gasteiger partial charge is 0.667 e. The first-order chi connectivity index (χ1) is 27.3. The molecule has 0 aromatic heterocycles. The van der Waals surface area contributed by atoms with Gasteiger partial charge in [0, 0.05) is 22.6 Å². The van der Waals surface area contributed by atoms with Crippen LogP contribution in [-0.2, 0) is 11.8 Å². The maximum absolute atomic E-state index is 9.10. The van der Waals surface area contributed by atoms with E-state index in [4.69, 9.17) is 10.7 Å². The van der Waals surface area contributed by atoms with Crippen LogP contribution in [0.25, 0.3) is 33.7 Å². The smallest absolute Gasteiger partial charge is 0.0654 e. The van der Waals surface area contributed by atoms with Crippen LogP contribution in [0.5, 0.6) is 0 Å². The Kier molecular flexibility index (Phi) is 10.8. The predicted octanol–water partition coefficient (Wildman–Crippen LogP) is 14.5. The number of benzene rings is 7. The van der Waals surface area contributed by atoms with E-state index in [0.29, 0.717) is 5.92 Å². The van der Waals surface area contributed by atoms with Gasteiger partial charge in [0.05, 0.1) is 5.70 Å². The van der Waals surface area contributed by atoms with Gasteiger partial charge in [0.2, 0.25) is 0 Å². The number of hydrogen-bond acceptors (Lipinski definition) is 1. The Morgan fingerprint density at radius 2 is 1.09 bits per heavy atom. The summed E-state index contributed by atoms with van der Waals surface area (Å²) in [5, 5.41) is 0. The highest BCUT2D eigenvalue weighted by Crippen LogP contribution is 2.49. The SMILES string of the molecule is CC(=N/C(=C\C([NH-])c1ccccc1)c1ccc2c(c1)C(C)(C)c1ccccc1-2)c1ccc(-c2ccc(CCCC(c3ccccc3)c3ccccc3)cc2)cc1. The van der Waals surface area contributed by atoms with Crippen LogP contribution in [0.2, 0.25) is 0 Å². The maximum atomic E-state index is 9.10. The van der Waals surface area contributed by atoms with Crippen molar-refractivity contribution in [3.63, 3.8) is 0 Å². The van der Waals surface area contributed by atoms with Crippen molar-refractivity contribution < 1.29 is 0 Å². The molecule has 0 fully saturated rings. The molecule has 0 radical (unpaired) electrons. The van der Waals surface area contributed by atoms with Crippen LogP contribution < -0.4 is 0 Å². The summed E-state index contributed by atoms with van der Waals surface area (Å²) in [4.78, 5) is 5.26. The number of aryl methyl sites for hydroxylation is 1. The van der Waals surface area contributed by atoms with Crippen LogP contribution in [0, 0.1) is 0 Å². The summed E-state index contributed by atoms with van der Waals surface area (Å²) < 4.78 is 0. The van der Waals surface area contributed by atoms with E-state index >= 15 is 0 Å². The number of aliphatic imine (C=N–C) groups is 1. The van der Waals surface area contributed by atoms with E-state index in [1.165, 1.54) is 50.1 Å². The van der Waals surface area contributed by atoms with Gasteiger partial charge in [-0.15, -0.1) is 0 Å². The third-order valence-electron chi connectivity index (χ3n) is 11.6. The molecule has 0 heterocycles. The van der Waals surface area contributed by atoms with Crippen molar-refractivity contribution in [2.24, 2.45) is 4.99 Å². The first-order valence-electron chi connectivity index (χ1n) is 19.9. The van der Waals surface area contributed by atoms with Crippen molar-refractivity contribution >= 4 is 11.4 Å². The zero-order valence-electron chi connectivity index (χ0n) is 32.6. The number of nitrogens with one attached hydrogen (secondary N) is 1. The van der Waals surface area contributed by atoms with Crippen molar-refractivity contribution in [1.29, 1.82) is 0 Å². The van der Waals surface area contributed by atoms with Gasteiger partial charge in [0.25, 0.3) is 0 Å². The van der Waals surface area contributed by atoms with Crippen LogP contribution in [0.3, 0.4) is 0 Å². The molecule has 1 unspecified atom stereocenters. The molecular formula is C54H49N2-. The monoisotopic (exact) mass is 725 g/mol. The van der Waals surface area contributed by atoms with E-state index in [9.17, 15) is 0 Å². The van der Waals surface area contributed by atoms with Gasteiger partial charge in [-0.05, 0) is 87.9 Å². The topological polar surface area (TPSA) is 36.2 Å². The highest BCUT2D eigenvalue weighted by atomic mass is 14.8. The molecule has 2 heteroatoms. The molecule has 1 atom stereocenters. The van der Waals surface area contributed by atoms with E-state index in [0.717, 1.165) is 47.4 Å². The second kappa shape index (κ2) is 16.3. The second-order valence-electron chi connectivity index (χ2n) is 15.6. The third-order valence-corrected chi connectivity index (χ3v) is 11.6. The Balaban J connectivity index is 0.998. The average Bonchev–Trinajstić information content (AvgIpc) is 3.48. The Morgan fingerprint density at radius 1 is 0.571 bits per heavy atom. The van der Waals surface area contributed by atoms with Crippen LogP contribution in [0.4, 0.5) is 0 Å². The zero-order chi connectivity index (χ0) is 38.5. The Morgan fingerprint density at radius 3 is 1.71 bits per heavy atom. The fourth-order valence-electron chi connectivity index (χ4n) is 8.40. The molecule has 1 aliphatic carbocycles. The van der Waals surface area contributed by atoms with Crippen molar-refractivity contribution in [3.8, 4) is 22.3 Å².